The molecule has 0 N–H and O–H groups in total. The van der Waals surface area contributed by atoms with E-state index in [1.165, 1.54) is 6.04 Å². The Morgan fingerprint density at radius 3 is 1.09 bits per heavy atom. The van der Waals surface area contributed by atoms with Crippen LogP contribution in [0.3, 0.4) is 0 Å². The van der Waals surface area contributed by atoms with E-state index in [0.717, 1.165) is 0 Å². The molecule has 0 saturated carbocycles. The van der Waals surface area contributed by atoms with Gasteiger partial charge in [-0.3, -0.25) is 7.83 Å². The molecule has 0 fully saturated rings. The summed E-state index contributed by atoms with van der Waals surface area (Å²) >= 11 is 0. The van der Waals surface area contributed by atoms with E-state index in [4.69, 9.17) is 0 Å². The van der Waals surface area contributed by atoms with Crippen molar-refractivity contribution in [2.24, 2.45) is 0 Å². The van der Waals surface area contributed by atoms with Gasteiger partial charge in [0.05, 0.1) is 0 Å². The van der Waals surface area contributed by atoms with Crippen LogP contribution in [0.2, 0.25) is 45.3 Å². The molecule has 0 aromatic rings. The van der Waals surface area contributed by atoms with Crippen LogP contribution in [-0.2, 0) is 0 Å². The molecule has 0 unspecified atom stereocenters. The van der Waals surface area contributed by atoms with Crippen LogP contribution < -0.4 is 0 Å². The fourth-order valence-corrected chi connectivity index (χ4v) is 39.9. The van der Waals surface area contributed by atoms with Crippen molar-refractivity contribution >= 4 is 23.0 Å². The van der Waals surface area contributed by atoms with E-state index in [1.807, 2.05) is 0 Å². The summed E-state index contributed by atoms with van der Waals surface area (Å²) in [6.07, 6.45) is 0. The fraction of sp³-hybridized carbons (Fsp3) is 1.00. The maximum Gasteiger partial charge on any atom is -0.0958 e. The molecule has 0 heterocycles. The lowest BCUT2D eigenvalue weighted by Gasteiger charge is -2.51. The van der Waals surface area contributed by atoms with Crippen molar-refractivity contribution in [1.82, 2.24) is 0 Å². The molecular weight excluding hydrogens is 180 g/mol. The first-order chi connectivity index (χ1) is 4.69. The minimum Gasteiger partial charge on any atom is -0.255 e. The Kier molecular flexibility index (Phi) is 3.79. The monoisotopic (exact) mass is 203 g/mol. The molecule has 0 aromatic heterocycles. The van der Waals surface area contributed by atoms with Crippen molar-refractivity contribution in [1.29, 1.82) is 0 Å². The Hall–Kier alpha value is 0.651. The van der Waals surface area contributed by atoms with E-state index in [9.17, 15) is 0 Å². The summed E-state index contributed by atoms with van der Waals surface area (Å²) in [7, 11) is -1.45. The van der Waals surface area contributed by atoms with Crippen LogP contribution in [0.15, 0.2) is 0 Å². The third-order valence-corrected chi connectivity index (χ3v) is 33.0. The molecule has 11 heavy (non-hydrogen) atoms. The summed E-state index contributed by atoms with van der Waals surface area (Å²) in [6.45, 7) is 17.8. The van der Waals surface area contributed by atoms with Crippen LogP contribution in [0.25, 0.3) is 0 Å². The zero-order valence-electron chi connectivity index (χ0n) is 9.21. The average molecular weight is 204 g/mol. The van der Waals surface area contributed by atoms with E-state index in [0.29, 0.717) is 0 Å². The van der Waals surface area contributed by atoms with Gasteiger partial charge in [-0.15, -0.1) is 15.2 Å². The first-order valence-corrected chi connectivity index (χ1v) is 15.3. The van der Waals surface area contributed by atoms with Gasteiger partial charge in [-0.1, -0.05) is 46.2 Å². The largest absolute Gasteiger partial charge is 0.255 e. The third-order valence-electron chi connectivity index (χ3n) is 2.16. The van der Waals surface area contributed by atoms with Gasteiger partial charge in [-0.25, -0.2) is 0 Å². The van der Waals surface area contributed by atoms with Gasteiger partial charge in [0.1, 0.15) is 0 Å². The van der Waals surface area contributed by atoms with Crippen LogP contribution in [0.5, 0.6) is 0 Å². The minimum atomic E-state index is -0.758. The molecule has 0 aromatic carbocycles. The Labute approximate surface area is 75.6 Å². The highest BCUT2D eigenvalue weighted by Gasteiger charge is 2.22. The zero-order valence-corrected chi connectivity index (χ0v) is 12.2. The van der Waals surface area contributed by atoms with Gasteiger partial charge in [-0.05, 0) is 0 Å². The van der Waals surface area contributed by atoms with Gasteiger partial charge >= 0.3 is 0 Å². The summed E-state index contributed by atoms with van der Waals surface area (Å²) in [4.78, 5) is 0. The Balaban J connectivity index is 4.43. The van der Waals surface area contributed by atoms with Crippen molar-refractivity contribution < 1.29 is 0 Å². The molecule has 0 aliphatic rings. The molecule has 0 amide bonds. The van der Waals surface area contributed by atoms with Crippen molar-refractivity contribution in [3.05, 3.63) is 0 Å². The molecule has 3 heteroatoms. The van der Waals surface area contributed by atoms with E-state index in [-0.39, 0.29) is 7.83 Å². The standard InChI is InChI=1S/C8H23Si3/c1-8-9(10(2,3)4)11(5,6)7/h8H2,1-7H3/q-1. The first kappa shape index (κ1) is 11.7. The highest BCUT2D eigenvalue weighted by molar-refractivity contribution is 7.60. The molecule has 0 radical (unpaired) electrons. The van der Waals surface area contributed by atoms with Crippen molar-refractivity contribution in [3.63, 3.8) is 0 Å². The lowest BCUT2D eigenvalue weighted by molar-refractivity contribution is 1.44. The van der Waals surface area contributed by atoms with Crippen LogP contribution in [0.4, 0.5) is 0 Å². The highest BCUT2D eigenvalue weighted by atomic mass is 29.6. The molecule has 0 spiro atoms. The second kappa shape index (κ2) is 3.58. The van der Waals surface area contributed by atoms with Gasteiger partial charge in [-0.2, -0.15) is 6.04 Å². The Morgan fingerprint density at radius 1 is 0.818 bits per heavy atom. The number of rotatable bonds is 3. The number of hydrogen-bond donors (Lipinski definition) is 0. The van der Waals surface area contributed by atoms with Crippen molar-refractivity contribution in [3.8, 4) is 0 Å². The molecule has 0 aliphatic heterocycles. The number of hydrogen-bond acceptors (Lipinski definition) is 0. The van der Waals surface area contributed by atoms with Gasteiger partial charge < -0.3 is 0 Å². The van der Waals surface area contributed by atoms with Gasteiger partial charge in [0.2, 0.25) is 0 Å². The van der Waals surface area contributed by atoms with Crippen LogP contribution >= 0.6 is 0 Å². The van der Waals surface area contributed by atoms with E-state index < -0.39 is 15.2 Å². The van der Waals surface area contributed by atoms with Gasteiger partial charge in [0.25, 0.3) is 0 Å². The molecule has 0 aliphatic carbocycles. The van der Waals surface area contributed by atoms with Crippen molar-refractivity contribution in [2.75, 3.05) is 0 Å². The SMILES string of the molecule is CC[Si-]([Si](C)(C)C)[Si](C)(C)C. The molecule has 0 saturated heterocycles. The molecule has 0 rings (SSSR count). The lowest BCUT2D eigenvalue weighted by atomic mass is 11.0. The molecule has 68 valence electrons. The first-order valence-electron chi connectivity index (χ1n) is 4.56. The quantitative estimate of drug-likeness (QED) is 0.617. The molecule has 0 nitrogen and oxygen atoms in total. The average Bonchev–Trinajstić information content (AvgIpc) is 1.56. The summed E-state index contributed by atoms with van der Waals surface area (Å²) in [6, 6.07) is 1.51. The maximum absolute atomic E-state index is 2.56. The third kappa shape index (κ3) is 3.71. The zero-order chi connectivity index (χ0) is 9.28. The van der Waals surface area contributed by atoms with Crippen LogP contribution in [-0.4, -0.2) is 23.0 Å². The summed E-state index contributed by atoms with van der Waals surface area (Å²) in [5, 5.41) is 0. The summed E-state index contributed by atoms with van der Waals surface area (Å²) in [5.41, 5.74) is 0. The maximum atomic E-state index is 2.56. The summed E-state index contributed by atoms with van der Waals surface area (Å²) < 4.78 is 0. The Bertz CT molecular complexity index is 104. The van der Waals surface area contributed by atoms with Gasteiger partial charge in [0, 0.05) is 0 Å². The normalized spacial score (nSPS) is 14.2. The molecular formula is C8H23Si3-. The smallest absolute Gasteiger partial charge is 0.0958 e. The van der Waals surface area contributed by atoms with Crippen molar-refractivity contribution in [2.45, 2.75) is 52.2 Å². The second-order valence-electron chi connectivity index (χ2n) is 5.33. The lowest BCUT2D eigenvalue weighted by Crippen LogP contribution is -2.58. The Morgan fingerprint density at radius 2 is 1.09 bits per heavy atom. The predicted molar refractivity (Wildman–Crippen MR) is 62.9 cm³/mol. The predicted octanol–water partition coefficient (Wildman–Crippen LogP) is 3.33. The summed E-state index contributed by atoms with van der Waals surface area (Å²) in [5.74, 6) is 0. The van der Waals surface area contributed by atoms with Gasteiger partial charge in [0.15, 0.2) is 0 Å². The molecule has 0 atom stereocenters. The topological polar surface area (TPSA) is 0 Å². The minimum absolute atomic E-state index is 0.0628. The highest BCUT2D eigenvalue weighted by Crippen LogP contribution is 2.20. The second-order valence-corrected chi connectivity index (χ2v) is 30.1. The van der Waals surface area contributed by atoms with Crippen LogP contribution in [0.1, 0.15) is 6.92 Å². The fourth-order valence-electron chi connectivity index (χ4n) is 2.19. The van der Waals surface area contributed by atoms with Crippen LogP contribution in [0, 0.1) is 0 Å². The molecule has 0 bridgehead atoms. The van der Waals surface area contributed by atoms with E-state index in [2.05, 4.69) is 46.2 Å². The van der Waals surface area contributed by atoms with E-state index >= 15 is 0 Å². The van der Waals surface area contributed by atoms with E-state index in [1.54, 1.807) is 0 Å².